The van der Waals surface area contributed by atoms with Crippen molar-refractivity contribution in [3.63, 3.8) is 0 Å². The number of hydrogen-bond donors (Lipinski definition) is 0. The van der Waals surface area contributed by atoms with Crippen molar-refractivity contribution in [2.75, 3.05) is 0 Å². The summed E-state index contributed by atoms with van der Waals surface area (Å²) in [6, 6.07) is 2.03. The number of nitrogens with zero attached hydrogens (tertiary/aromatic N) is 1. The van der Waals surface area contributed by atoms with Gasteiger partial charge in [-0.3, -0.25) is 0 Å². The minimum absolute atomic E-state index is 0.0278. The van der Waals surface area contributed by atoms with Gasteiger partial charge in [0.2, 0.25) is 0 Å². The van der Waals surface area contributed by atoms with Gasteiger partial charge < -0.3 is 4.74 Å². The van der Waals surface area contributed by atoms with E-state index in [-0.39, 0.29) is 6.10 Å². The lowest BCUT2D eigenvalue weighted by Gasteiger charge is -2.09. The Balaban J connectivity index is 2.39. The van der Waals surface area contributed by atoms with Gasteiger partial charge in [0, 0.05) is 0 Å². The molecule has 0 fully saturated rings. The summed E-state index contributed by atoms with van der Waals surface area (Å²) in [6.45, 7) is 0. The van der Waals surface area contributed by atoms with Crippen LogP contribution in [0.3, 0.4) is 0 Å². The molecule has 1 aliphatic heterocycles. The quantitative estimate of drug-likeness (QED) is 0.525. The lowest BCUT2D eigenvalue weighted by molar-refractivity contribution is 0.187. The van der Waals surface area contributed by atoms with Gasteiger partial charge in [-0.15, -0.1) is 0 Å². The molecule has 9 heavy (non-hydrogen) atoms. The van der Waals surface area contributed by atoms with E-state index in [1.54, 1.807) is 12.3 Å². The van der Waals surface area contributed by atoms with Crippen LogP contribution in [0.2, 0.25) is 0 Å². The lowest BCUT2D eigenvalue weighted by Crippen LogP contribution is -2.05. The van der Waals surface area contributed by atoms with Crippen LogP contribution in [0.5, 0.6) is 0 Å². The van der Waals surface area contributed by atoms with Gasteiger partial charge in [-0.05, 0) is 12.2 Å². The molecule has 0 radical (unpaired) electrons. The standard InChI is InChI=1S/C7H7NO/c8-5-4-7-3-1-2-6-9-7/h1-3,6-7H,4H2. The van der Waals surface area contributed by atoms with Crippen molar-refractivity contribution in [2.24, 2.45) is 0 Å². The third-order valence-corrected chi connectivity index (χ3v) is 1.06. The van der Waals surface area contributed by atoms with Gasteiger partial charge in [-0.2, -0.15) is 5.26 Å². The van der Waals surface area contributed by atoms with E-state index in [1.165, 1.54) is 0 Å². The summed E-state index contributed by atoms with van der Waals surface area (Å²) < 4.78 is 5.03. The molecular weight excluding hydrogens is 114 g/mol. The highest BCUT2D eigenvalue weighted by Gasteiger charge is 2.02. The molecule has 46 valence electrons. The maximum absolute atomic E-state index is 8.23. The van der Waals surface area contributed by atoms with Crippen LogP contribution in [0.25, 0.3) is 0 Å². The first-order chi connectivity index (χ1) is 4.43. The van der Waals surface area contributed by atoms with Gasteiger partial charge in [0.05, 0.1) is 18.8 Å². The highest BCUT2D eigenvalue weighted by atomic mass is 16.5. The molecule has 0 bridgehead atoms. The zero-order valence-corrected chi connectivity index (χ0v) is 4.95. The molecule has 0 aromatic rings. The average molecular weight is 121 g/mol. The van der Waals surface area contributed by atoms with E-state index in [4.69, 9.17) is 10.00 Å². The molecule has 0 aliphatic carbocycles. The summed E-state index contributed by atoms with van der Waals surface area (Å²) in [6.07, 6.45) is 7.55. The molecule has 1 heterocycles. The number of allylic oxidation sites excluding steroid dienone is 2. The Morgan fingerprint density at radius 1 is 1.56 bits per heavy atom. The van der Waals surface area contributed by atoms with Gasteiger partial charge >= 0.3 is 0 Å². The van der Waals surface area contributed by atoms with E-state index in [9.17, 15) is 0 Å². The summed E-state index contributed by atoms with van der Waals surface area (Å²) in [7, 11) is 0. The zero-order valence-electron chi connectivity index (χ0n) is 4.95. The minimum atomic E-state index is -0.0278. The monoisotopic (exact) mass is 121 g/mol. The van der Waals surface area contributed by atoms with Crippen molar-refractivity contribution < 1.29 is 4.74 Å². The molecular formula is C7H7NO. The maximum Gasteiger partial charge on any atom is 0.129 e. The molecule has 0 aromatic heterocycles. The number of ether oxygens (including phenoxy) is 1. The summed E-state index contributed by atoms with van der Waals surface area (Å²) in [4.78, 5) is 0. The summed E-state index contributed by atoms with van der Waals surface area (Å²) in [5.74, 6) is 0. The Bertz CT molecular complexity index is 176. The fraction of sp³-hybridized carbons (Fsp3) is 0.286. The fourth-order valence-electron chi connectivity index (χ4n) is 0.631. The zero-order chi connectivity index (χ0) is 6.53. The molecule has 1 atom stereocenters. The van der Waals surface area contributed by atoms with Crippen LogP contribution in [0.15, 0.2) is 24.5 Å². The molecule has 1 unspecified atom stereocenters. The second-order valence-corrected chi connectivity index (χ2v) is 1.75. The molecule has 0 amide bonds. The third-order valence-electron chi connectivity index (χ3n) is 1.06. The SMILES string of the molecule is N#CCC1C=CC=CO1. The lowest BCUT2D eigenvalue weighted by atomic mass is 10.2. The predicted octanol–water partition coefficient (Wildman–Crippen LogP) is 1.37. The van der Waals surface area contributed by atoms with Gasteiger partial charge in [-0.25, -0.2) is 0 Å². The van der Waals surface area contributed by atoms with Crippen LogP contribution < -0.4 is 0 Å². The van der Waals surface area contributed by atoms with E-state index in [1.807, 2.05) is 18.2 Å². The highest BCUT2D eigenvalue weighted by molar-refractivity contribution is 5.08. The van der Waals surface area contributed by atoms with Crippen LogP contribution in [0.1, 0.15) is 6.42 Å². The van der Waals surface area contributed by atoms with Gasteiger partial charge in [0.25, 0.3) is 0 Å². The maximum atomic E-state index is 8.23. The van der Waals surface area contributed by atoms with Crippen molar-refractivity contribution in [2.45, 2.75) is 12.5 Å². The molecule has 0 saturated heterocycles. The van der Waals surface area contributed by atoms with Crippen molar-refractivity contribution in [1.82, 2.24) is 0 Å². The van der Waals surface area contributed by atoms with Crippen molar-refractivity contribution in [3.05, 3.63) is 24.5 Å². The molecule has 0 spiro atoms. The Kier molecular flexibility index (Phi) is 1.92. The van der Waals surface area contributed by atoms with E-state index in [0.717, 1.165) is 0 Å². The van der Waals surface area contributed by atoms with Crippen molar-refractivity contribution >= 4 is 0 Å². The number of rotatable bonds is 1. The summed E-state index contributed by atoms with van der Waals surface area (Å²) in [5.41, 5.74) is 0. The molecule has 2 nitrogen and oxygen atoms in total. The molecule has 0 aromatic carbocycles. The first-order valence-electron chi connectivity index (χ1n) is 2.79. The van der Waals surface area contributed by atoms with Crippen molar-refractivity contribution in [1.29, 1.82) is 5.26 Å². The Hall–Kier alpha value is -1.23. The second kappa shape index (κ2) is 2.93. The van der Waals surface area contributed by atoms with E-state index < -0.39 is 0 Å². The Labute approximate surface area is 54.0 Å². The first kappa shape index (κ1) is 5.90. The second-order valence-electron chi connectivity index (χ2n) is 1.75. The largest absolute Gasteiger partial charge is 0.493 e. The topological polar surface area (TPSA) is 33.0 Å². The van der Waals surface area contributed by atoms with E-state index in [2.05, 4.69) is 0 Å². The normalized spacial score (nSPS) is 22.8. The summed E-state index contributed by atoms with van der Waals surface area (Å²) >= 11 is 0. The van der Waals surface area contributed by atoms with Crippen LogP contribution in [-0.2, 0) is 4.74 Å². The smallest absolute Gasteiger partial charge is 0.129 e. The number of hydrogen-bond acceptors (Lipinski definition) is 2. The van der Waals surface area contributed by atoms with Crippen LogP contribution in [-0.4, -0.2) is 6.10 Å². The van der Waals surface area contributed by atoms with Crippen molar-refractivity contribution in [3.8, 4) is 6.07 Å². The van der Waals surface area contributed by atoms with E-state index >= 15 is 0 Å². The molecule has 0 saturated carbocycles. The number of nitriles is 1. The fourth-order valence-corrected chi connectivity index (χ4v) is 0.631. The Morgan fingerprint density at radius 2 is 2.44 bits per heavy atom. The summed E-state index contributed by atoms with van der Waals surface area (Å²) in [5, 5.41) is 8.23. The van der Waals surface area contributed by atoms with Gasteiger partial charge in [-0.1, -0.05) is 6.08 Å². The predicted molar refractivity (Wildman–Crippen MR) is 33.4 cm³/mol. The van der Waals surface area contributed by atoms with Crippen LogP contribution in [0.4, 0.5) is 0 Å². The molecule has 0 N–H and O–H groups in total. The molecule has 1 rings (SSSR count). The Morgan fingerprint density at radius 3 is 3.00 bits per heavy atom. The first-order valence-corrected chi connectivity index (χ1v) is 2.79. The van der Waals surface area contributed by atoms with Crippen LogP contribution >= 0.6 is 0 Å². The van der Waals surface area contributed by atoms with Crippen LogP contribution in [0, 0.1) is 11.3 Å². The van der Waals surface area contributed by atoms with Gasteiger partial charge in [0.1, 0.15) is 6.10 Å². The van der Waals surface area contributed by atoms with Gasteiger partial charge in [0.15, 0.2) is 0 Å². The molecule has 1 aliphatic rings. The average Bonchev–Trinajstić information content (AvgIpc) is 1.91. The minimum Gasteiger partial charge on any atom is -0.493 e. The molecule has 2 heteroatoms. The van der Waals surface area contributed by atoms with E-state index in [0.29, 0.717) is 6.42 Å². The third kappa shape index (κ3) is 1.61. The highest BCUT2D eigenvalue weighted by Crippen LogP contribution is 2.04.